The molecule has 2 rings (SSSR count). The largest absolute Gasteiger partial charge is 0.368 e. The van der Waals surface area contributed by atoms with Gasteiger partial charge >= 0.3 is 0 Å². The molecular weight excluding hydrogens is 296 g/mol. The van der Waals surface area contributed by atoms with E-state index in [0.29, 0.717) is 16.5 Å². The van der Waals surface area contributed by atoms with Crippen LogP contribution >= 0.6 is 11.8 Å². The second-order valence-corrected chi connectivity index (χ2v) is 5.10. The predicted octanol–water partition coefficient (Wildman–Crippen LogP) is 0.697. The molecular formula is C11H12N6O3S. The van der Waals surface area contributed by atoms with E-state index in [9.17, 15) is 14.9 Å². The number of nitro benzene ring substituents is 1. The summed E-state index contributed by atoms with van der Waals surface area (Å²) in [7, 11) is 1.70. The lowest BCUT2D eigenvalue weighted by atomic mass is 10.1. The van der Waals surface area contributed by atoms with E-state index in [1.165, 1.54) is 30.0 Å². The monoisotopic (exact) mass is 308 g/mol. The lowest BCUT2D eigenvalue weighted by molar-refractivity contribution is -0.385. The SMILES string of the molecule is Cn1c(N)nnc1SCc1ccc(C(N)=O)cc1[N+](=O)[O-]. The van der Waals surface area contributed by atoms with Crippen LogP contribution in [-0.2, 0) is 12.8 Å². The first-order valence-corrected chi connectivity index (χ1v) is 6.73. The minimum absolute atomic E-state index is 0.0957. The maximum absolute atomic E-state index is 11.1. The van der Waals surface area contributed by atoms with Crippen LogP contribution in [0.5, 0.6) is 0 Å². The number of primary amides is 1. The van der Waals surface area contributed by atoms with E-state index in [-0.39, 0.29) is 17.2 Å². The number of amides is 1. The van der Waals surface area contributed by atoms with Gasteiger partial charge in [-0.25, -0.2) is 0 Å². The molecule has 2 aromatic rings. The number of nitrogen functional groups attached to an aromatic ring is 1. The first-order chi connectivity index (χ1) is 9.90. The quantitative estimate of drug-likeness (QED) is 0.470. The van der Waals surface area contributed by atoms with E-state index in [0.717, 1.165) is 0 Å². The number of nitrogens with zero attached hydrogens (tertiary/aromatic N) is 4. The Morgan fingerprint density at radius 1 is 1.48 bits per heavy atom. The molecule has 0 fully saturated rings. The molecule has 0 saturated carbocycles. The first-order valence-electron chi connectivity index (χ1n) is 5.75. The van der Waals surface area contributed by atoms with Gasteiger partial charge in [-0.1, -0.05) is 17.8 Å². The predicted molar refractivity (Wildman–Crippen MR) is 76.6 cm³/mol. The number of carbonyl (C=O) groups excluding carboxylic acids is 1. The van der Waals surface area contributed by atoms with Crippen molar-refractivity contribution in [3.63, 3.8) is 0 Å². The smallest absolute Gasteiger partial charge is 0.274 e. The molecule has 1 heterocycles. The van der Waals surface area contributed by atoms with Gasteiger partial charge in [0.2, 0.25) is 11.9 Å². The van der Waals surface area contributed by atoms with Crippen molar-refractivity contribution in [1.82, 2.24) is 14.8 Å². The minimum Gasteiger partial charge on any atom is -0.368 e. The number of aromatic nitrogens is 3. The summed E-state index contributed by atoms with van der Waals surface area (Å²) < 4.78 is 1.58. The molecule has 21 heavy (non-hydrogen) atoms. The number of carbonyl (C=O) groups is 1. The molecule has 0 bridgehead atoms. The zero-order chi connectivity index (χ0) is 15.6. The summed E-state index contributed by atoms with van der Waals surface area (Å²) in [5.41, 5.74) is 11.1. The highest BCUT2D eigenvalue weighted by Crippen LogP contribution is 2.28. The number of nitro groups is 1. The molecule has 10 heteroatoms. The van der Waals surface area contributed by atoms with E-state index in [4.69, 9.17) is 11.5 Å². The summed E-state index contributed by atoms with van der Waals surface area (Å²) in [6, 6.07) is 4.13. The highest BCUT2D eigenvalue weighted by Gasteiger charge is 2.17. The Morgan fingerprint density at radius 2 is 2.19 bits per heavy atom. The summed E-state index contributed by atoms with van der Waals surface area (Å²) in [5.74, 6) is -0.157. The van der Waals surface area contributed by atoms with Gasteiger partial charge in [-0.2, -0.15) is 0 Å². The van der Waals surface area contributed by atoms with Crippen molar-refractivity contribution in [2.24, 2.45) is 12.8 Å². The topological polar surface area (TPSA) is 143 Å². The molecule has 1 aromatic heterocycles. The van der Waals surface area contributed by atoms with E-state index in [1.807, 2.05) is 0 Å². The fourth-order valence-corrected chi connectivity index (χ4v) is 2.52. The zero-order valence-corrected chi connectivity index (χ0v) is 11.8. The van der Waals surface area contributed by atoms with Crippen LogP contribution < -0.4 is 11.5 Å². The van der Waals surface area contributed by atoms with Crippen molar-refractivity contribution in [2.75, 3.05) is 5.73 Å². The lowest BCUT2D eigenvalue weighted by Gasteiger charge is -2.04. The van der Waals surface area contributed by atoms with Crippen LogP contribution in [0, 0.1) is 10.1 Å². The number of hydrogen-bond donors (Lipinski definition) is 2. The number of rotatable bonds is 5. The van der Waals surface area contributed by atoms with Crippen LogP contribution in [0.4, 0.5) is 11.6 Å². The van der Waals surface area contributed by atoms with Gasteiger partial charge in [0.05, 0.1) is 4.92 Å². The average Bonchev–Trinajstić information content (AvgIpc) is 2.76. The molecule has 0 unspecified atom stereocenters. The summed E-state index contributed by atoms with van der Waals surface area (Å²) in [6.07, 6.45) is 0. The molecule has 0 aliphatic carbocycles. The fourth-order valence-electron chi connectivity index (χ4n) is 1.60. The van der Waals surface area contributed by atoms with E-state index in [2.05, 4.69) is 10.2 Å². The maximum Gasteiger partial charge on any atom is 0.274 e. The third kappa shape index (κ3) is 3.11. The average molecular weight is 308 g/mol. The number of hydrogen-bond acceptors (Lipinski definition) is 7. The molecule has 1 amide bonds. The van der Waals surface area contributed by atoms with Gasteiger partial charge < -0.3 is 11.5 Å². The van der Waals surface area contributed by atoms with Gasteiger partial charge in [-0.05, 0) is 6.07 Å². The van der Waals surface area contributed by atoms with E-state index < -0.39 is 10.8 Å². The Bertz CT molecular complexity index is 714. The maximum atomic E-state index is 11.1. The lowest BCUT2D eigenvalue weighted by Crippen LogP contribution is -2.11. The van der Waals surface area contributed by atoms with Gasteiger partial charge in [0.1, 0.15) is 0 Å². The van der Waals surface area contributed by atoms with Crippen molar-refractivity contribution in [2.45, 2.75) is 10.9 Å². The van der Waals surface area contributed by atoms with Crippen LogP contribution in [0.1, 0.15) is 15.9 Å². The van der Waals surface area contributed by atoms with E-state index >= 15 is 0 Å². The summed E-state index contributed by atoms with van der Waals surface area (Å²) >= 11 is 1.26. The van der Waals surface area contributed by atoms with E-state index in [1.54, 1.807) is 11.6 Å². The first kappa shape index (κ1) is 14.8. The highest BCUT2D eigenvalue weighted by molar-refractivity contribution is 7.98. The number of thioether (sulfide) groups is 1. The zero-order valence-electron chi connectivity index (χ0n) is 11.0. The third-order valence-corrected chi connectivity index (χ3v) is 3.86. The Labute approximate surface area is 123 Å². The highest BCUT2D eigenvalue weighted by atomic mass is 32.2. The van der Waals surface area contributed by atoms with Gasteiger partial charge in [0, 0.05) is 30.0 Å². The van der Waals surface area contributed by atoms with Crippen LogP contribution in [0.3, 0.4) is 0 Å². The van der Waals surface area contributed by atoms with Gasteiger partial charge in [0.25, 0.3) is 5.69 Å². The normalized spacial score (nSPS) is 10.5. The van der Waals surface area contributed by atoms with Crippen molar-refractivity contribution in [1.29, 1.82) is 0 Å². The number of benzene rings is 1. The molecule has 0 spiro atoms. The summed E-state index contributed by atoms with van der Waals surface area (Å²) in [6.45, 7) is 0. The molecule has 1 aromatic carbocycles. The van der Waals surface area contributed by atoms with Crippen molar-refractivity contribution < 1.29 is 9.72 Å². The van der Waals surface area contributed by atoms with Gasteiger partial charge in [0.15, 0.2) is 5.16 Å². The Hall–Kier alpha value is -2.62. The van der Waals surface area contributed by atoms with Crippen molar-refractivity contribution >= 4 is 29.3 Å². The third-order valence-electron chi connectivity index (χ3n) is 2.79. The second kappa shape index (κ2) is 5.79. The molecule has 0 aliphatic rings. The fraction of sp³-hybridized carbons (Fsp3) is 0.182. The second-order valence-electron chi connectivity index (χ2n) is 4.15. The molecule has 0 radical (unpaired) electrons. The Kier molecular flexibility index (Phi) is 4.08. The number of anilines is 1. The molecule has 0 atom stereocenters. The Morgan fingerprint density at radius 3 is 2.71 bits per heavy atom. The number of nitrogens with two attached hydrogens (primary N) is 2. The van der Waals surface area contributed by atoms with Crippen LogP contribution in [0.2, 0.25) is 0 Å². The van der Waals surface area contributed by atoms with Gasteiger partial charge in [-0.15, -0.1) is 10.2 Å². The van der Waals surface area contributed by atoms with Crippen LogP contribution in [-0.4, -0.2) is 25.6 Å². The summed E-state index contributed by atoms with van der Waals surface area (Å²) in [5, 5.41) is 19.2. The molecule has 9 nitrogen and oxygen atoms in total. The summed E-state index contributed by atoms with van der Waals surface area (Å²) in [4.78, 5) is 21.6. The van der Waals surface area contributed by atoms with Crippen LogP contribution in [0.15, 0.2) is 23.4 Å². The minimum atomic E-state index is -0.710. The van der Waals surface area contributed by atoms with Gasteiger partial charge in [-0.3, -0.25) is 19.5 Å². The van der Waals surface area contributed by atoms with Crippen LogP contribution in [0.25, 0.3) is 0 Å². The molecule has 0 saturated heterocycles. The molecule has 4 N–H and O–H groups in total. The molecule has 0 aliphatic heterocycles. The Balaban J connectivity index is 2.25. The van der Waals surface area contributed by atoms with Crippen molar-refractivity contribution in [3.8, 4) is 0 Å². The molecule has 110 valence electrons. The standard InChI is InChI=1S/C11H12N6O3S/c1-16-10(13)14-15-11(16)21-5-7-3-2-6(9(12)18)4-8(7)17(19)20/h2-4H,5H2,1H3,(H2,12,18)(H2,13,14). The van der Waals surface area contributed by atoms with Crippen molar-refractivity contribution in [3.05, 3.63) is 39.4 Å².